The molecule has 3 nitrogen and oxygen atoms in total. The minimum Gasteiger partial charge on any atom is -0.468 e. The van der Waals surface area contributed by atoms with Gasteiger partial charge in [0.1, 0.15) is 5.76 Å². The van der Waals surface area contributed by atoms with E-state index in [0.717, 1.165) is 25.3 Å². The molecule has 102 valence electrons. The lowest BCUT2D eigenvalue weighted by Gasteiger charge is -2.42. The normalized spacial score (nSPS) is 23.8. The predicted octanol–water partition coefficient (Wildman–Crippen LogP) is 3.18. The van der Waals surface area contributed by atoms with Gasteiger partial charge in [-0.2, -0.15) is 0 Å². The molecule has 0 bridgehead atoms. The molecule has 1 aliphatic rings. The van der Waals surface area contributed by atoms with Crippen molar-refractivity contribution in [3.8, 4) is 0 Å². The van der Waals surface area contributed by atoms with E-state index in [2.05, 4.69) is 31.7 Å². The third-order valence-electron chi connectivity index (χ3n) is 4.26. The topological polar surface area (TPSA) is 42.4 Å². The minimum absolute atomic E-state index is 0.150. The van der Waals surface area contributed by atoms with Crippen LogP contribution in [0.15, 0.2) is 22.8 Å². The van der Waals surface area contributed by atoms with Crippen LogP contribution in [-0.4, -0.2) is 24.0 Å². The fraction of sp³-hybridized carbons (Fsp3) is 0.733. The first-order valence-electron chi connectivity index (χ1n) is 7.06. The molecule has 2 atom stereocenters. The second kappa shape index (κ2) is 5.45. The molecule has 1 fully saturated rings. The van der Waals surface area contributed by atoms with E-state index in [1.165, 1.54) is 12.8 Å². The number of nitrogens with zero attached hydrogens (tertiary/aromatic N) is 1. The number of nitrogens with two attached hydrogens (primary N) is 1. The van der Waals surface area contributed by atoms with Crippen LogP contribution in [0.3, 0.4) is 0 Å². The molecule has 0 radical (unpaired) electrons. The maximum Gasteiger partial charge on any atom is 0.122 e. The summed E-state index contributed by atoms with van der Waals surface area (Å²) in [6, 6.07) is 4.40. The molecule has 0 aromatic carbocycles. The molecule has 2 unspecified atom stereocenters. The highest BCUT2D eigenvalue weighted by Gasteiger charge is 2.33. The fourth-order valence-electron chi connectivity index (χ4n) is 2.75. The summed E-state index contributed by atoms with van der Waals surface area (Å²) in [6.07, 6.45) is 5.20. The van der Waals surface area contributed by atoms with Crippen molar-refractivity contribution in [2.45, 2.75) is 52.1 Å². The van der Waals surface area contributed by atoms with Crippen molar-refractivity contribution < 1.29 is 4.42 Å². The lowest BCUT2D eigenvalue weighted by molar-refractivity contribution is 0.0707. The summed E-state index contributed by atoms with van der Waals surface area (Å²) < 4.78 is 5.60. The van der Waals surface area contributed by atoms with Gasteiger partial charge in [-0.3, -0.25) is 4.90 Å². The molecule has 1 saturated heterocycles. The van der Waals surface area contributed by atoms with E-state index < -0.39 is 0 Å². The van der Waals surface area contributed by atoms with Crippen LogP contribution in [0.4, 0.5) is 0 Å². The van der Waals surface area contributed by atoms with E-state index in [4.69, 9.17) is 10.2 Å². The van der Waals surface area contributed by atoms with E-state index in [-0.39, 0.29) is 12.1 Å². The van der Waals surface area contributed by atoms with Gasteiger partial charge in [0, 0.05) is 6.04 Å². The zero-order valence-electron chi connectivity index (χ0n) is 11.9. The Morgan fingerprint density at radius 2 is 2.06 bits per heavy atom. The van der Waals surface area contributed by atoms with E-state index in [0.29, 0.717) is 5.41 Å². The van der Waals surface area contributed by atoms with Crippen molar-refractivity contribution in [2.75, 3.05) is 13.1 Å². The molecule has 0 amide bonds. The quantitative estimate of drug-likeness (QED) is 0.892. The van der Waals surface area contributed by atoms with E-state index in [1.54, 1.807) is 6.26 Å². The summed E-state index contributed by atoms with van der Waals surface area (Å²) in [7, 11) is 0. The first kappa shape index (κ1) is 13.6. The average molecular weight is 250 g/mol. The van der Waals surface area contributed by atoms with Crippen LogP contribution in [0, 0.1) is 5.41 Å². The van der Waals surface area contributed by atoms with Crippen LogP contribution in [0.1, 0.15) is 51.8 Å². The zero-order valence-corrected chi connectivity index (χ0v) is 11.9. The largest absolute Gasteiger partial charge is 0.468 e. The highest BCUT2D eigenvalue weighted by molar-refractivity contribution is 5.08. The van der Waals surface area contributed by atoms with Crippen LogP contribution >= 0.6 is 0 Å². The van der Waals surface area contributed by atoms with Crippen LogP contribution < -0.4 is 5.73 Å². The van der Waals surface area contributed by atoms with Crippen molar-refractivity contribution in [3.63, 3.8) is 0 Å². The monoisotopic (exact) mass is 250 g/mol. The third-order valence-corrected chi connectivity index (χ3v) is 4.26. The number of rotatable bonds is 4. The van der Waals surface area contributed by atoms with Crippen molar-refractivity contribution in [1.29, 1.82) is 0 Å². The summed E-state index contributed by atoms with van der Waals surface area (Å²) in [5.41, 5.74) is 6.78. The van der Waals surface area contributed by atoms with Gasteiger partial charge in [-0.05, 0) is 49.9 Å². The second-order valence-electron chi connectivity index (χ2n) is 6.23. The number of hydrogen-bond acceptors (Lipinski definition) is 3. The fourth-order valence-corrected chi connectivity index (χ4v) is 2.75. The Morgan fingerprint density at radius 1 is 1.39 bits per heavy atom. The van der Waals surface area contributed by atoms with Gasteiger partial charge in [-0.15, -0.1) is 0 Å². The Kier molecular flexibility index (Phi) is 4.13. The molecule has 1 aromatic rings. The molecule has 0 aliphatic carbocycles. The summed E-state index contributed by atoms with van der Waals surface area (Å²) in [4.78, 5) is 2.50. The summed E-state index contributed by atoms with van der Waals surface area (Å²) in [5.74, 6) is 1.02. The van der Waals surface area contributed by atoms with Crippen molar-refractivity contribution in [1.82, 2.24) is 4.90 Å². The first-order valence-corrected chi connectivity index (χ1v) is 7.06. The lowest BCUT2D eigenvalue weighted by Crippen LogP contribution is -2.46. The minimum atomic E-state index is 0.150. The molecule has 18 heavy (non-hydrogen) atoms. The van der Waals surface area contributed by atoms with E-state index >= 15 is 0 Å². The lowest BCUT2D eigenvalue weighted by atomic mass is 9.81. The Labute approximate surface area is 110 Å². The second-order valence-corrected chi connectivity index (χ2v) is 6.23. The van der Waals surface area contributed by atoms with Crippen molar-refractivity contribution >= 4 is 0 Å². The molecule has 2 rings (SSSR count). The molecule has 3 heteroatoms. The average Bonchev–Trinajstić information content (AvgIpc) is 2.85. The number of furan rings is 1. The maximum absolute atomic E-state index is 6.31. The highest BCUT2D eigenvalue weighted by atomic mass is 16.3. The zero-order chi connectivity index (χ0) is 13.2. The first-order chi connectivity index (χ1) is 8.53. The van der Waals surface area contributed by atoms with Gasteiger partial charge in [-0.25, -0.2) is 0 Å². The van der Waals surface area contributed by atoms with Gasteiger partial charge in [0.2, 0.25) is 0 Å². The smallest absolute Gasteiger partial charge is 0.122 e. The van der Waals surface area contributed by atoms with Gasteiger partial charge in [0.05, 0.1) is 12.3 Å². The standard InChI is InChI=1S/C15H26N2O/c1-4-12(16)14(13-6-5-11-18-13)17-9-7-15(2,3)8-10-17/h5-6,11-12,14H,4,7-10,16H2,1-3H3. The van der Waals surface area contributed by atoms with Gasteiger partial charge >= 0.3 is 0 Å². The van der Waals surface area contributed by atoms with Crippen molar-refractivity contribution in [3.05, 3.63) is 24.2 Å². The van der Waals surface area contributed by atoms with Crippen LogP contribution in [0.25, 0.3) is 0 Å². The Hall–Kier alpha value is -0.800. The molecular formula is C15H26N2O. The third kappa shape index (κ3) is 2.96. The van der Waals surface area contributed by atoms with Crippen molar-refractivity contribution in [2.24, 2.45) is 11.1 Å². The number of hydrogen-bond donors (Lipinski definition) is 1. The molecule has 2 N–H and O–H groups in total. The number of likely N-dealkylation sites (tertiary alicyclic amines) is 1. The van der Waals surface area contributed by atoms with E-state index in [1.807, 2.05) is 6.07 Å². The van der Waals surface area contributed by atoms with Gasteiger partial charge in [0.15, 0.2) is 0 Å². The Morgan fingerprint density at radius 3 is 2.56 bits per heavy atom. The summed E-state index contributed by atoms with van der Waals surface area (Å²) >= 11 is 0. The van der Waals surface area contributed by atoms with Crippen LogP contribution in [-0.2, 0) is 0 Å². The summed E-state index contributed by atoms with van der Waals surface area (Å²) in [5, 5.41) is 0. The highest BCUT2D eigenvalue weighted by Crippen LogP contribution is 2.35. The molecule has 1 aliphatic heterocycles. The Bertz CT molecular complexity index is 349. The van der Waals surface area contributed by atoms with Crippen LogP contribution in [0.5, 0.6) is 0 Å². The Balaban J connectivity index is 2.11. The predicted molar refractivity (Wildman–Crippen MR) is 74.3 cm³/mol. The van der Waals surface area contributed by atoms with Gasteiger partial charge in [0.25, 0.3) is 0 Å². The molecular weight excluding hydrogens is 224 g/mol. The molecule has 0 spiro atoms. The van der Waals surface area contributed by atoms with E-state index in [9.17, 15) is 0 Å². The molecule has 2 heterocycles. The number of piperidine rings is 1. The molecule has 1 aromatic heterocycles. The van der Waals surface area contributed by atoms with Crippen LogP contribution in [0.2, 0.25) is 0 Å². The summed E-state index contributed by atoms with van der Waals surface area (Å²) in [6.45, 7) is 9.09. The maximum atomic E-state index is 6.31. The molecule has 0 saturated carbocycles. The van der Waals surface area contributed by atoms with Gasteiger partial charge in [-0.1, -0.05) is 20.8 Å². The van der Waals surface area contributed by atoms with Gasteiger partial charge < -0.3 is 10.2 Å². The SMILES string of the molecule is CCC(N)C(c1ccco1)N1CCC(C)(C)CC1.